The van der Waals surface area contributed by atoms with Crippen LogP contribution in [0, 0.1) is 0 Å². The van der Waals surface area contributed by atoms with Crippen molar-refractivity contribution in [3.05, 3.63) is 0 Å². The van der Waals surface area contributed by atoms with Gasteiger partial charge in [-0.15, -0.1) is 0 Å². The zero-order valence-electron chi connectivity index (χ0n) is 11.5. The van der Waals surface area contributed by atoms with Gasteiger partial charge in [0.15, 0.2) is 0 Å². The molecule has 0 heterocycles. The number of carbonyl (C=O) groups excluding carboxylic acids is 1. The van der Waals surface area contributed by atoms with Gasteiger partial charge in [-0.2, -0.15) is 0 Å². The van der Waals surface area contributed by atoms with E-state index in [1.807, 2.05) is 13.8 Å². The zero-order chi connectivity index (χ0) is 15.1. The lowest BCUT2D eigenvalue weighted by Crippen LogP contribution is -2.48. The van der Waals surface area contributed by atoms with Crippen molar-refractivity contribution in [2.75, 3.05) is 12.0 Å². The van der Waals surface area contributed by atoms with Crippen LogP contribution in [0.25, 0.3) is 0 Å². The summed E-state index contributed by atoms with van der Waals surface area (Å²) in [6.07, 6.45) is 2.56. The second-order valence-corrected chi connectivity index (χ2v) is 6.88. The van der Waals surface area contributed by atoms with Crippen molar-refractivity contribution < 1.29 is 23.1 Å². The number of aliphatic carboxylic acids is 1. The van der Waals surface area contributed by atoms with E-state index in [9.17, 15) is 18.0 Å². The summed E-state index contributed by atoms with van der Waals surface area (Å²) in [7, 11) is -3.26. The first kappa shape index (κ1) is 17.7. The van der Waals surface area contributed by atoms with E-state index in [0.717, 1.165) is 19.1 Å². The molecule has 2 amide bonds. The number of rotatable bonds is 8. The summed E-state index contributed by atoms with van der Waals surface area (Å²) in [5, 5.41) is 13.8. The smallest absolute Gasteiger partial charge is 0.326 e. The van der Waals surface area contributed by atoms with Crippen LogP contribution in [0.2, 0.25) is 0 Å². The van der Waals surface area contributed by atoms with Crippen LogP contribution in [-0.2, 0) is 14.6 Å². The Morgan fingerprint density at radius 2 is 1.79 bits per heavy atom. The minimum atomic E-state index is -3.26. The van der Waals surface area contributed by atoms with Gasteiger partial charge in [-0.25, -0.2) is 18.0 Å². The highest BCUT2D eigenvalue weighted by molar-refractivity contribution is 7.90. The summed E-state index contributed by atoms with van der Waals surface area (Å²) < 4.78 is 22.0. The molecule has 112 valence electrons. The van der Waals surface area contributed by atoms with Gasteiger partial charge < -0.3 is 15.7 Å². The molecule has 8 heteroatoms. The Morgan fingerprint density at radius 1 is 1.21 bits per heavy atom. The highest BCUT2D eigenvalue weighted by Gasteiger charge is 2.22. The lowest BCUT2D eigenvalue weighted by molar-refractivity contribution is -0.139. The first-order chi connectivity index (χ1) is 8.65. The van der Waals surface area contributed by atoms with Gasteiger partial charge in [-0.3, -0.25) is 0 Å². The molecule has 0 aromatic rings. The molecule has 3 N–H and O–H groups in total. The van der Waals surface area contributed by atoms with Crippen molar-refractivity contribution >= 4 is 21.8 Å². The lowest BCUT2D eigenvalue weighted by atomic mass is 10.2. The topological polar surface area (TPSA) is 113 Å². The van der Waals surface area contributed by atoms with Crippen molar-refractivity contribution in [1.82, 2.24) is 10.6 Å². The van der Waals surface area contributed by atoms with Crippen molar-refractivity contribution in [3.63, 3.8) is 0 Å². The van der Waals surface area contributed by atoms with E-state index in [2.05, 4.69) is 10.6 Å². The van der Waals surface area contributed by atoms with Crippen molar-refractivity contribution in [3.8, 4) is 0 Å². The van der Waals surface area contributed by atoms with E-state index in [1.165, 1.54) is 0 Å². The highest BCUT2D eigenvalue weighted by atomic mass is 32.2. The Balaban J connectivity index is 4.35. The third kappa shape index (κ3) is 9.29. The Kier molecular flexibility index (Phi) is 7.43. The van der Waals surface area contributed by atoms with Crippen LogP contribution in [0.3, 0.4) is 0 Å². The van der Waals surface area contributed by atoms with Crippen molar-refractivity contribution in [2.24, 2.45) is 0 Å². The highest BCUT2D eigenvalue weighted by Crippen LogP contribution is 1.98. The second kappa shape index (κ2) is 7.98. The van der Waals surface area contributed by atoms with Crippen LogP contribution in [-0.4, -0.2) is 49.6 Å². The molecule has 0 aromatic carbocycles. The molecule has 0 aliphatic rings. The fraction of sp³-hybridized carbons (Fsp3) is 0.818. The van der Waals surface area contributed by atoms with Gasteiger partial charge in [-0.05, 0) is 19.8 Å². The molecule has 0 saturated carbocycles. The van der Waals surface area contributed by atoms with E-state index in [4.69, 9.17) is 5.11 Å². The van der Waals surface area contributed by atoms with Crippen LogP contribution < -0.4 is 10.6 Å². The molecule has 0 aliphatic heterocycles. The first-order valence-corrected chi connectivity index (χ1v) is 8.19. The van der Waals surface area contributed by atoms with Gasteiger partial charge in [-0.1, -0.05) is 13.3 Å². The van der Waals surface area contributed by atoms with Gasteiger partial charge in [0.1, 0.15) is 15.9 Å². The molecule has 0 rings (SSSR count). The molecule has 2 unspecified atom stereocenters. The lowest BCUT2D eigenvalue weighted by Gasteiger charge is -2.17. The molecule has 0 spiro atoms. The number of hydrogen-bond donors (Lipinski definition) is 3. The number of amides is 2. The summed E-state index contributed by atoms with van der Waals surface area (Å²) in [5.41, 5.74) is 0. The number of urea groups is 1. The minimum Gasteiger partial charge on any atom is -0.480 e. The molecule has 0 saturated heterocycles. The van der Waals surface area contributed by atoms with Crippen LogP contribution in [0.1, 0.15) is 33.1 Å². The van der Waals surface area contributed by atoms with E-state index >= 15 is 0 Å². The SMILES string of the molecule is CCCC(C)NC(=O)NC(CCS(C)(=O)=O)C(=O)O. The van der Waals surface area contributed by atoms with Gasteiger partial charge in [0.2, 0.25) is 0 Å². The maximum atomic E-state index is 11.5. The normalized spacial score (nSPS) is 14.5. The summed E-state index contributed by atoms with van der Waals surface area (Å²) in [4.78, 5) is 22.5. The van der Waals surface area contributed by atoms with E-state index < -0.39 is 27.9 Å². The fourth-order valence-electron chi connectivity index (χ4n) is 1.52. The third-order valence-corrected chi connectivity index (χ3v) is 3.46. The van der Waals surface area contributed by atoms with E-state index in [0.29, 0.717) is 0 Å². The van der Waals surface area contributed by atoms with Crippen LogP contribution in [0.15, 0.2) is 0 Å². The summed E-state index contributed by atoms with van der Waals surface area (Å²) in [6.45, 7) is 3.79. The van der Waals surface area contributed by atoms with Gasteiger partial charge in [0, 0.05) is 12.3 Å². The van der Waals surface area contributed by atoms with Gasteiger partial charge in [0.25, 0.3) is 0 Å². The monoisotopic (exact) mass is 294 g/mol. The number of carbonyl (C=O) groups is 2. The Labute approximate surface area is 113 Å². The molecule has 0 aromatic heterocycles. The van der Waals surface area contributed by atoms with Crippen LogP contribution >= 0.6 is 0 Å². The van der Waals surface area contributed by atoms with Gasteiger partial charge >= 0.3 is 12.0 Å². The molecule has 7 nitrogen and oxygen atoms in total. The molecule has 0 bridgehead atoms. The zero-order valence-corrected chi connectivity index (χ0v) is 12.3. The molecular formula is C11H22N2O5S. The van der Waals surface area contributed by atoms with Crippen LogP contribution in [0.5, 0.6) is 0 Å². The summed E-state index contributed by atoms with van der Waals surface area (Å²) >= 11 is 0. The summed E-state index contributed by atoms with van der Waals surface area (Å²) in [5.74, 6) is -1.53. The number of hydrogen-bond acceptors (Lipinski definition) is 4. The maximum absolute atomic E-state index is 11.5. The van der Waals surface area contributed by atoms with E-state index in [1.54, 1.807) is 0 Å². The predicted molar refractivity (Wildman–Crippen MR) is 71.8 cm³/mol. The Hall–Kier alpha value is -1.31. The number of carboxylic acid groups (broad SMARTS) is 1. The number of sulfone groups is 1. The molecule has 19 heavy (non-hydrogen) atoms. The minimum absolute atomic E-state index is 0.0608. The maximum Gasteiger partial charge on any atom is 0.326 e. The number of carboxylic acids is 1. The van der Waals surface area contributed by atoms with E-state index in [-0.39, 0.29) is 18.2 Å². The Morgan fingerprint density at radius 3 is 2.21 bits per heavy atom. The third-order valence-electron chi connectivity index (χ3n) is 2.48. The Bertz CT molecular complexity index is 407. The number of nitrogens with one attached hydrogen (secondary N) is 2. The summed E-state index contributed by atoms with van der Waals surface area (Å²) in [6, 6.07) is -1.86. The quantitative estimate of drug-likeness (QED) is 0.598. The van der Waals surface area contributed by atoms with Crippen molar-refractivity contribution in [2.45, 2.75) is 45.2 Å². The molecule has 2 atom stereocenters. The first-order valence-electron chi connectivity index (χ1n) is 6.13. The van der Waals surface area contributed by atoms with Crippen LogP contribution in [0.4, 0.5) is 4.79 Å². The molecular weight excluding hydrogens is 272 g/mol. The largest absolute Gasteiger partial charge is 0.480 e. The van der Waals surface area contributed by atoms with Gasteiger partial charge in [0.05, 0.1) is 5.75 Å². The van der Waals surface area contributed by atoms with Crippen molar-refractivity contribution in [1.29, 1.82) is 0 Å². The average Bonchev–Trinajstić information content (AvgIpc) is 2.22. The molecule has 0 radical (unpaired) electrons. The standard InChI is InChI=1S/C11H22N2O5S/c1-4-5-8(2)12-11(16)13-9(10(14)15)6-7-19(3,17)18/h8-9H,4-7H2,1-3H3,(H,14,15)(H2,12,13,16). The predicted octanol–water partition coefficient (Wildman–Crippen LogP) is 0.362. The molecule has 0 fully saturated rings. The fourth-order valence-corrected chi connectivity index (χ4v) is 2.18. The average molecular weight is 294 g/mol. The second-order valence-electron chi connectivity index (χ2n) is 4.62. The molecule has 0 aliphatic carbocycles.